The van der Waals surface area contributed by atoms with Gasteiger partial charge < -0.3 is 19.3 Å². The van der Waals surface area contributed by atoms with Gasteiger partial charge in [-0.3, -0.25) is 4.79 Å². The zero-order valence-corrected chi connectivity index (χ0v) is 13.8. The van der Waals surface area contributed by atoms with Crippen molar-refractivity contribution < 1.29 is 19.1 Å². The summed E-state index contributed by atoms with van der Waals surface area (Å²) in [5, 5.41) is 0. The first kappa shape index (κ1) is 16.4. The van der Waals surface area contributed by atoms with Crippen LogP contribution < -0.4 is 0 Å². The van der Waals surface area contributed by atoms with Crippen LogP contribution in [-0.2, 0) is 14.3 Å². The van der Waals surface area contributed by atoms with Gasteiger partial charge in [0.05, 0.1) is 13.2 Å². The van der Waals surface area contributed by atoms with Crippen molar-refractivity contribution in [1.29, 1.82) is 0 Å². The van der Waals surface area contributed by atoms with Gasteiger partial charge in [-0.1, -0.05) is 0 Å². The average molecular weight is 316 g/mol. The normalized spacial score (nSPS) is 23.9. The van der Waals surface area contributed by atoms with Gasteiger partial charge in [-0.15, -0.1) is 0 Å². The van der Waals surface area contributed by atoms with Crippen LogP contribution in [0, 0.1) is 0 Å². The molecule has 2 heterocycles. The highest BCUT2D eigenvalue weighted by molar-refractivity contribution is 7.99. The number of carbonyl (C=O) groups excluding carboxylic acids is 2. The predicted octanol–water partition coefficient (Wildman–Crippen LogP) is 1.20. The van der Waals surface area contributed by atoms with Gasteiger partial charge in [0, 0.05) is 31.1 Å². The molecule has 2 rings (SSSR count). The lowest BCUT2D eigenvalue weighted by molar-refractivity contribution is -0.148. The van der Waals surface area contributed by atoms with E-state index in [9.17, 15) is 9.59 Å². The molecule has 2 saturated heterocycles. The van der Waals surface area contributed by atoms with Crippen molar-refractivity contribution >= 4 is 23.8 Å². The fourth-order valence-corrected chi connectivity index (χ4v) is 3.18. The van der Waals surface area contributed by atoms with Crippen molar-refractivity contribution in [2.45, 2.75) is 32.5 Å². The lowest BCUT2D eigenvalue weighted by Gasteiger charge is -2.36. The SMILES string of the molecule is CC(C)(C)OC(=O)N1CCOC(C(=O)N2CCSCC2)C1. The van der Waals surface area contributed by atoms with Crippen molar-refractivity contribution in [3.05, 3.63) is 0 Å². The van der Waals surface area contributed by atoms with E-state index in [2.05, 4.69) is 0 Å². The number of hydrogen-bond acceptors (Lipinski definition) is 5. The third-order valence-electron chi connectivity index (χ3n) is 3.32. The molecule has 0 aromatic heterocycles. The van der Waals surface area contributed by atoms with E-state index in [-0.39, 0.29) is 18.5 Å². The summed E-state index contributed by atoms with van der Waals surface area (Å²) < 4.78 is 10.9. The van der Waals surface area contributed by atoms with Gasteiger partial charge in [0.15, 0.2) is 6.10 Å². The lowest BCUT2D eigenvalue weighted by Crippen LogP contribution is -2.54. The van der Waals surface area contributed by atoms with Crippen molar-refractivity contribution in [3.63, 3.8) is 0 Å². The van der Waals surface area contributed by atoms with E-state index >= 15 is 0 Å². The first-order valence-corrected chi connectivity index (χ1v) is 8.48. The number of morpholine rings is 1. The van der Waals surface area contributed by atoms with E-state index in [0.29, 0.717) is 13.2 Å². The number of nitrogens with zero attached hydrogens (tertiary/aromatic N) is 2. The van der Waals surface area contributed by atoms with E-state index in [1.54, 1.807) is 4.90 Å². The van der Waals surface area contributed by atoms with Crippen molar-refractivity contribution in [3.8, 4) is 0 Å². The van der Waals surface area contributed by atoms with Crippen LogP contribution in [0.25, 0.3) is 0 Å². The Labute approximate surface area is 130 Å². The summed E-state index contributed by atoms with van der Waals surface area (Å²) >= 11 is 1.86. The van der Waals surface area contributed by atoms with Gasteiger partial charge in [-0.2, -0.15) is 11.8 Å². The number of rotatable bonds is 1. The number of thioether (sulfide) groups is 1. The first-order valence-electron chi connectivity index (χ1n) is 7.33. The van der Waals surface area contributed by atoms with E-state index in [1.807, 2.05) is 37.4 Å². The average Bonchev–Trinajstić information content (AvgIpc) is 2.46. The van der Waals surface area contributed by atoms with Crippen molar-refractivity contribution in [1.82, 2.24) is 9.80 Å². The number of ether oxygens (including phenoxy) is 2. The molecule has 0 N–H and O–H groups in total. The summed E-state index contributed by atoms with van der Waals surface area (Å²) in [6.07, 6.45) is -0.938. The topological polar surface area (TPSA) is 59.1 Å². The molecule has 0 aromatic rings. The molecule has 2 amide bonds. The van der Waals surface area contributed by atoms with Gasteiger partial charge in [0.2, 0.25) is 0 Å². The molecule has 120 valence electrons. The highest BCUT2D eigenvalue weighted by atomic mass is 32.2. The summed E-state index contributed by atoms with van der Waals surface area (Å²) in [5.41, 5.74) is -0.529. The highest BCUT2D eigenvalue weighted by Crippen LogP contribution is 2.16. The quantitative estimate of drug-likeness (QED) is 0.727. The minimum atomic E-state index is -0.561. The van der Waals surface area contributed by atoms with Crippen LogP contribution in [0.1, 0.15) is 20.8 Å². The summed E-state index contributed by atoms with van der Waals surface area (Å²) in [5.74, 6) is 1.92. The summed E-state index contributed by atoms with van der Waals surface area (Å²) in [6, 6.07) is 0. The molecule has 0 radical (unpaired) electrons. The molecule has 2 fully saturated rings. The second-order valence-electron chi connectivity index (χ2n) is 6.22. The molecule has 2 aliphatic heterocycles. The lowest BCUT2D eigenvalue weighted by atomic mass is 10.2. The summed E-state index contributed by atoms with van der Waals surface area (Å²) in [7, 11) is 0. The highest BCUT2D eigenvalue weighted by Gasteiger charge is 2.34. The van der Waals surface area contributed by atoms with Gasteiger partial charge in [0.1, 0.15) is 5.60 Å². The van der Waals surface area contributed by atoms with Crippen molar-refractivity contribution in [2.24, 2.45) is 0 Å². The Kier molecular flexibility index (Phi) is 5.37. The second kappa shape index (κ2) is 6.87. The Morgan fingerprint density at radius 3 is 2.43 bits per heavy atom. The molecular formula is C14H24N2O4S. The molecule has 7 heteroatoms. The number of carbonyl (C=O) groups is 2. The Morgan fingerprint density at radius 2 is 1.81 bits per heavy atom. The minimum absolute atomic E-state index is 0.0106. The monoisotopic (exact) mass is 316 g/mol. The maximum absolute atomic E-state index is 12.4. The summed E-state index contributed by atoms with van der Waals surface area (Å²) in [4.78, 5) is 27.9. The Morgan fingerprint density at radius 1 is 1.14 bits per heavy atom. The van der Waals surface area contributed by atoms with Gasteiger partial charge in [-0.25, -0.2) is 4.79 Å². The predicted molar refractivity (Wildman–Crippen MR) is 81.5 cm³/mol. The van der Waals surface area contributed by atoms with Crippen LogP contribution in [0.15, 0.2) is 0 Å². The molecular weight excluding hydrogens is 292 g/mol. The molecule has 0 bridgehead atoms. The molecule has 0 aromatic carbocycles. The molecule has 21 heavy (non-hydrogen) atoms. The first-order chi connectivity index (χ1) is 9.87. The zero-order chi connectivity index (χ0) is 15.5. The maximum atomic E-state index is 12.4. The van der Waals surface area contributed by atoms with Crippen LogP contribution in [-0.4, -0.2) is 77.8 Å². The van der Waals surface area contributed by atoms with Gasteiger partial charge >= 0.3 is 6.09 Å². The maximum Gasteiger partial charge on any atom is 0.410 e. The van der Waals surface area contributed by atoms with E-state index in [4.69, 9.17) is 9.47 Å². The number of amides is 2. The minimum Gasteiger partial charge on any atom is -0.444 e. The smallest absolute Gasteiger partial charge is 0.410 e. The van der Waals surface area contributed by atoms with E-state index < -0.39 is 11.7 Å². The fourth-order valence-electron chi connectivity index (χ4n) is 2.28. The zero-order valence-electron chi connectivity index (χ0n) is 13.0. The van der Waals surface area contributed by atoms with Gasteiger partial charge in [0.25, 0.3) is 5.91 Å². The van der Waals surface area contributed by atoms with Crippen molar-refractivity contribution in [2.75, 3.05) is 44.3 Å². The van der Waals surface area contributed by atoms with E-state index in [0.717, 1.165) is 24.6 Å². The molecule has 6 nitrogen and oxygen atoms in total. The Balaban J connectivity index is 1.90. The molecule has 0 saturated carbocycles. The molecule has 1 unspecified atom stereocenters. The molecule has 0 aliphatic carbocycles. The molecule has 2 aliphatic rings. The Hall–Kier alpha value is -0.950. The molecule has 1 atom stereocenters. The fraction of sp³-hybridized carbons (Fsp3) is 0.857. The standard InChI is InChI=1S/C14H24N2O4S/c1-14(2,3)20-13(18)16-4-7-19-11(10-16)12(17)15-5-8-21-9-6-15/h11H,4-10H2,1-3H3. The Bertz CT molecular complexity index is 391. The molecule has 0 spiro atoms. The van der Waals surface area contributed by atoms with Crippen LogP contribution in [0.3, 0.4) is 0 Å². The van der Waals surface area contributed by atoms with Crippen LogP contribution in [0.2, 0.25) is 0 Å². The summed E-state index contributed by atoms with van der Waals surface area (Å²) in [6.45, 7) is 8.13. The second-order valence-corrected chi connectivity index (χ2v) is 7.45. The van der Waals surface area contributed by atoms with Gasteiger partial charge in [-0.05, 0) is 20.8 Å². The largest absolute Gasteiger partial charge is 0.444 e. The van der Waals surface area contributed by atoms with Crippen LogP contribution in [0.5, 0.6) is 0 Å². The van der Waals surface area contributed by atoms with Crippen LogP contribution in [0.4, 0.5) is 4.79 Å². The number of hydrogen-bond donors (Lipinski definition) is 0. The third kappa shape index (κ3) is 4.78. The third-order valence-corrected chi connectivity index (χ3v) is 4.26. The van der Waals surface area contributed by atoms with E-state index in [1.165, 1.54) is 0 Å². The van der Waals surface area contributed by atoms with Crippen LogP contribution >= 0.6 is 11.8 Å².